The minimum absolute atomic E-state index is 0.353. The number of allylic oxidation sites excluding steroid dienone is 12. The topological polar surface area (TPSA) is 0 Å². The van der Waals surface area contributed by atoms with E-state index in [1.54, 1.807) is 0 Å². The molecule has 0 aliphatic heterocycles. The number of hydrogen-bond donors (Lipinski definition) is 0. The second kappa shape index (κ2) is 6.07. The van der Waals surface area contributed by atoms with Gasteiger partial charge in [0.05, 0.1) is 0 Å². The molecule has 114 valence electrons. The molecular weight excluding hydrogens is 367 g/mol. The molecule has 0 fully saturated rings. The Labute approximate surface area is 143 Å². The summed E-state index contributed by atoms with van der Waals surface area (Å²) in [6, 6.07) is 0. The van der Waals surface area contributed by atoms with Crippen molar-refractivity contribution in [3.8, 4) is 0 Å². The molecule has 3 aliphatic carbocycles. The van der Waals surface area contributed by atoms with Crippen LogP contribution in [-0.4, -0.2) is 21.4 Å². The first-order valence-electron chi connectivity index (χ1n) is 8.78. The van der Waals surface area contributed by atoms with Gasteiger partial charge in [0.2, 0.25) is 0 Å². The zero-order valence-corrected chi connectivity index (χ0v) is 17.4. The molecule has 0 amide bonds. The number of hydrogen-bond acceptors (Lipinski definition) is 0. The van der Waals surface area contributed by atoms with Gasteiger partial charge in [-0.15, -0.1) is 0 Å². The first-order chi connectivity index (χ1) is 10.7. The van der Waals surface area contributed by atoms with Gasteiger partial charge in [-0.05, 0) is 0 Å². The Bertz CT molecular complexity index is 476. The zero-order valence-electron chi connectivity index (χ0n) is 14.1. The molecule has 1 heteroatoms. The molecule has 0 unspecified atom stereocenters. The molecule has 0 N–H and O–H groups in total. The molecule has 0 atom stereocenters. The average Bonchev–Trinajstić information content (AvgIpc) is 3.30. The Balaban J connectivity index is 2.19. The van der Waals surface area contributed by atoms with Gasteiger partial charge in [0.15, 0.2) is 0 Å². The third kappa shape index (κ3) is 2.28. The third-order valence-corrected chi connectivity index (χ3v) is 22.2. The molecule has 0 spiro atoms. The van der Waals surface area contributed by atoms with E-state index in [0.29, 0.717) is 9.51 Å². The Morgan fingerprint density at radius 1 is 0.500 bits per heavy atom. The Morgan fingerprint density at radius 3 is 0.909 bits per heavy atom. The molecule has 0 radical (unpaired) electrons. The van der Waals surface area contributed by atoms with E-state index < -0.39 is 21.4 Å². The normalized spacial score (nSPS) is 24.7. The van der Waals surface area contributed by atoms with E-state index in [1.807, 2.05) is 0 Å². The quantitative estimate of drug-likeness (QED) is 0.495. The summed E-state index contributed by atoms with van der Waals surface area (Å²) in [6.45, 7) is 7.17. The molecular formula is C21H27In. The maximum atomic E-state index is 2.54. The standard InChI is InChI=1S/3C7H9.In/c3*1-2-7-5-3-4-6-7;/h3*3-6H,2H2,1H3;. The van der Waals surface area contributed by atoms with Gasteiger partial charge in [-0.25, -0.2) is 0 Å². The predicted octanol–water partition coefficient (Wildman–Crippen LogP) is 6.31. The molecule has 22 heavy (non-hydrogen) atoms. The predicted molar refractivity (Wildman–Crippen MR) is 99.5 cm³/mol. The van der Waals surface area contributed by atoms with Gasteiger partial charge in [0.1, 0.15) is 0 Å². The van der Waals surface area contributed by atoms with Crippen molar-refractivity contribution in [1.82, 2.24) is 0 Å². The van der Waals surface area contributed by atoms with E-state index in [0.717, 1.165) is 0 Å². The Hall–Kier alpha value is -0.690. The zero-order chi connectivity index (χ0) is 15.7. The van der Waals surface area contributed by atoms with E-state index in [-0.39, 0.29) is 0 Å². The van der Waals surface area contributed by atoms with Gasteiger partial charge < -0.3 is 0 Å². The summed E-state index contributed by atoms with van der Waals surface area (Å²) in [7, 11) is 0. The van der Waals surface area contributed by atoms with Crippen LogP contribution in [0.5, 0.6) is 0 Å². The van der Waals surface area contributed by atoms with Crippen molar-refractivity contribution < 1.29 is 0 Å². The molecule has 0 heterocycles. The van der Waals surface area contributed by atoms with Gasteiger partial charge in [-0.3, -0.25) is 0 Å². The van der Waals surface area contributed by atoms with Crippen LogP contribution in [0.25, 0.3) is 0 Å². The van der Waals surface area contributed by atoms with Crippen LogP contribution in [0.2, 0.25) is 9.51 Å². The first-order valence-corrected chi connectivity index (χ1v) is 13.7. The van der Waals surface area contributed by atoms with Crippen LogP contribution < -0.4 is 0 Å². The fraction of sp³-hybridized carbons (Fsp3) is 0.429. The summed E-state index contributed by atoms with van der Waals surface area (Å²) in [5.41, 5.74) is 0. The summed E-state index contributed by atoms with van der Waals surface area (Å²) < 4.78 is 1.06. The van der Waals surface area contributed by atoms with Crippen LogP contribution in [0.4, 0.5) is 0 Å². The van der Waals surface area contributed by atoms with Gasteiger partial charge in [0, 0.05) is 0 Å². The summed E-state index contributed by atoms with van der Waals surface area (Å²) in [5, 5.41) is 0. The minimum atomic E-state index is -2.26. The van der Waals surface area contributed by atoms with Crippen molar-refractivity contribution in [1.29, 1.82) is 0 Å². The molecule has 0 saturated heterocycles. The molecule has 0 nitrogen and oxygen atoms in total. The van der Waals surface area contributed by atoms with Gasteiger partial charge in [-0.1, -0.05) is 0 Å². The molecule has 3 aliphatic rings. The van der Waals surface area contributed by atoms with Crippen LogP contribution in [0.3, 0.4) is 0 Å². The van der Waals surface area contributed by atoms with E-state index in [2.05, 4.69) is 93.7 Å². The number of rotatable bonds is 6. The first kappa shape index (κ1) is 16.2. The molecule has 0 aromatic rings. The van der Waals surface area contributed by atoms with Crippen LogP contribution in [0.1, 0.15) is 40.0 Å². The monoisotopic (exact) mass is 394 g/mol. The Morgan fingerprint density at radius 2 is 0.727 bits per heavy atom. The van der Waals surface area contributed by atoms with Crippen LogP contribution in [-0.2, 0) is 0 Å². The second-order valence-electron chi connectivity index (χ2n) is 6.99. The molecule has 0 aromatic heterocycles. The van der Waals surface area contributed by atoms with Crippen molar-refractivity contribution in [2.75, 3.05) is 0 Å². The maximum absolute atomic E-state index is 2.54. The van der Waals surface area contributed by atoms with Crippen LogP contribution in [0.15, 0.2) is 72.9 Å². The van der Waals surface area contributed by atoms with E-state index in [4.69, 9.17) is 0 Å². The average molecular weight is 394 g/mol. The van der Waals surface area contributed by atoms with E-state index in [9.17, 15) is 0 Å². The van der Waals surface area contributed by atoms with Gasteiger partial charge in [0.25, 0.3) is 0 Å². The van der Waals surface area contributed by atoms with Gasteiger partial charge >= 0.3 is 144 Å². The van der Waals surface area contributed by atoms with E-state index in [1.165, 1.54) is 19.3 Å². The van der Waals surface area contributed by atoms with Gasteiger partial charge in [-0.2, -0.15) is 0 Å². The third-order valence-electron chi connectivity index (χ3n) is 6.22. The fourth-order valence-corrected chi connectivity index (χ4v) is 22.2. The summed E-state index contributed by atoms with van der Waals surface area (Å²) in [5.74, 6) is 0. The molecule has 0 saturated carbocycles. The second-order valence-corrected chi connectivity index (χ2v) is 18.7. The molecule has 0 aromatic carbocycles. The molecule has 0 bridgehead atoms. The van der Waals surface area contributed by atoms with Crippen molar-refractivity contribution >= 4 is 21.4 Å². The van der Waals surface area contributed by atoms with Crippen molar-refractivity contribution in [2.45, 2.75) is 49.5 Å². The van der Waals surface area contributed by atoms with Crippen molar-refractivity contribution in [3.63, 3.8) is 0 Å². The summed E-state index contributed by atoms with van der Waals surface area (Å²) in [4.78, 5) is 0. The van der Waals surface area contributed by atoms with Crippen LogP contribution in [0, 0.1) is 0 Å². The summed E-state index contributed by atoms with van der Waals surface area (Å²) >= 11 is -2.26. The van der Waals surface area contributed by atoms with Crippen molar-refractivity contribution in [2.24, 2.45) is 0 Å². The summed E-state index contributed by atoms with van der Waals surface area (Å²) in [6.07, 6.45) is 32.8. The SMILES string of the molecule is CC[C]1([In]([C]2(CC)C=CC=C2)[C]2(CC)C=CC=C2)C=CC=C1. The Kier molecular flexibility index (Phi) is 4.47. The molecule has 3 rings (SSSR count). The van der Waals surface area contributed by atoms with Crippen LogP contribution >= 0.6 is 0 Å². The van der Waals surface area contributed by atoms with E-state index >= 15 is 0 Å². The van der Waals surface area contributed by atoms with Crippen molar-refractivity contribution in [3.05, 3.63) is 72.9 Å². The fourth-order valence-electron chi connectivity index (χ4n) is 4.97.